The summed E-state index contributed by atoms with van der Waals surface area (Å²) >= 11 is 0. The van der Waals surface area contributed by atoms with E-state index in [0.29, 0.717) is 12.0 Å². The topological polar surface area (TPSA) is 47.1 Å². The van der Waals surface area contributed by atoms with Gasteiger partial charge in [-0.05, 0) is 32.2 Å². The van der Waals surface area contributed by atoms with Gasteiger partial charge in [-0.1, -0.05) is 6.92 Å². The molecule has 0 saturated carbocycles. The minimum atomic E-state index is 0.320. The molecule has 0 amide bonds. The second-order valence-corrected chi connectivity index (χ2v) is 5.22. The van der Waals surface area contributed by atoms with Gasteiger partial charge >= 0.3 is 0 Å². The quantitative estimate of drug-likeness (QED) is 0.842. The van der Waals surface area contributed by atoms with Crippen molar-refractivity contribution in [1.82, 2.24) is 14.5 Å². The van der Waals surface area contributed by atoms with E-state index in [0.717, 1.165) is 26.1 Å². The maximum absolute atomic E-state index is 5.97. The summed E-state index contributed by atoms with van der Waals surface area (Å²) in [7, 11) is 0. The lowest BCUT2D eigenvalue weighted by molar-refractivity contribution is 0.300. The van der Waals surface area contributed by atoms with E-state index in [2.05, 4.69) is 28.3 Å². The van der Waals surface area contributed by atoms with E-state index >= 15 is 0 Å². The highest BCUT2D eigenvalue weighted by Gasteiger charge is 2.25. The van der Waals surface area contributed by atoms with Gasteiger partial charge in [-0.3, -0.25) is 4.90 Å². The maximum atomic E-state index is 5.97. The van der Waals surface area contributed by atoms with Crippen LogP contribution in [0.15, 0.2) is 12.5 Å². The minimum Gasteiger partial charge on any atom is -0.333 e. The van der Waals surface area contributed by atoms with Crippen LogP contribution >= 0.6 is 0 Å². The summed E-state index contributed by atoms with van der Waals surface area (Å²) in [6.07, 6.45) is 6.33. The minimum absolute atomic E-state index is 0.320. The Labute approximate surface area is 104 Å². The molecule has 1 saturated heterocycles. The lowest BCUT2D eigenvalue weighted by Gasteiger charge is -2.18. The number of hydrogen-bond acceptors (Lipinski definition) is 3. The Morgan fingerprint density at radius 2 is 2.41 bits per heavy atom. The molecule has 1 aromatic rings. The summed E-state index contributed by atoms with van der Waals surface area (Å²) in [6, 6.07) is 0.320. The molecule has 1 aliphatic rings. The zero-order valence-corrected chi connectivity index (χ0v) is 11.0. The Bertz CT molecular complexity index is 345. The highest BCUT2D eigenvalue weighted by molar-refractivity contribution is 4.99. The summed E-state index contributed by atoms with van der Waals surface area (Å²) in [4.78, 5) is 6.75. The average molecular weight is 236 g/mol. The molecule has 17 heavy (non-hydrogen) atoms. The van der Waals surface area contributed by atoms with Crippen LogP contribution in [0.3, 0.4) is 0 Å². The Morgan fingerprint density at radius 1 is 1.59 bits per heavy atom. The van der Waals surface area contributed by atoms with Crippen molar-refractivity contribution < 1.29 is 0 Å². The molecule has 2 rings (SSSR count). The van der Waals surface area contributed by atoms with E-state index < -0.39 is 0 Å². The monoisotopic (exact) mass is 236 g/mol. The molecule has 0 radical (unpaired) electrons. The van der Waals surface area contributed by atoms with E-state index in [-0.39, 0.29) is 0 Å². The fourth-order valence-corrected chi connectivity index (χ4v) is 2.59. The molecular weight excluding hydrogens is 212 g/mol. The summed E-state index contributed by atoms with van der Waals surface area (Å²) in [6.45, 7) is 8.71. The average Bonchev–Trinajstić information content (AvgIpc) is 2.90. The summed E-state index contributed by atoms with van der Waals surface area (Å²) in [5, 5.41) is 0. The van der Waals surface area contributed by atoms with Crippen LogP contribution in [0.4, 0.5) is 0 Å². The zero-order chi connectivity index (χ0) is 12.3. The third-order valence-corrected chi connectivity index (χ3v) is 3.70. The fourth-order valence-electron chi connectivity index (χ4n) is 2.59. The number of rotatable bonds is 5. The standard InChI is InChI=1S/C13H24N4/c1-3-5-17-10-15-7-13(17)9-16-6-4-12(8-16)11(2)14/h7,10-12H,3-6,8-9,14H2,1-2H3. The van der Waals surface area contributed by atoms with Gasteiger partial charge in [0.1, 0.15) is 0 Å². The molecule has 1 aliphatic heterocycles. The predicted octanol–water partition coefficient (Wildman–Crippen LogP) is 1.46. The third kappa shape index (κ3) is 3.07. The van der Waals surface area contributed by atoms with Crippen LogP contribution in [0, 0.1) is 5.92 Å². The van der Waals surface area contributed by atoms with E-state index in [9.17, 15) is 0 Å². The second-order valence-electron chi connectivity index (χ2n) is 5.22. The first kappa shape index (κ1) is 12.6. The number of hydrogen-bond donors (Lipinski definition) is 1. The van der Waals surface area contributed by atoms with Gasteiger partial charge in [-0.2, -0.15) is 0 Å². The molecule has 2 heterocycles. The van der Waals surface area contributed by atoms with Crippen molar-refractivity contribution in [2.24, 2.45) is 11.7 Å². The Kier molecular flexibility index (Phi) is 4.18. The zero-order valence-electron chi connectivity index (χ0n) is 11.0. The van der Waals surface area contributed by atoms with Crippen molar-refractivity contribution in [3.05, 3.63) is 18.2 Å². The van der Waals surface area contributed by atoms with Crippen molar-refractivity contribution in [3.8, 4) is 0 Å². The van der Waals surface area contributed by atoms with Crippen LogP contribution < -0.4 is 5.73 Å². The summed E-state index contributed by atoms with van der Waals surface area (Å²) in [5.41, 5.74) is 7.30. The molecular formula is C13H24N4. The summed E-state index contributed by atoms with van der Waals surface area (Å²) < 4.78 is 2.26. The molecule has 4 heteroatoms. The van der Waals surface area contributed by atoms with Gasteiger partial charge in [0, 0.05) is 31.9 Å². The normalized spacial score (nSPS) is 23.1. The van der Waals surface area contributed by atoms with E-state index in [1.165, 1.54) is 18.7 Å². The Balaban J connectivity index is 1.91. The number of nitrogens with two attached hydrogens (primary N) is 1. The SMILES string of the molecule is CCCn1cncc1CN1CCC(C(C)N)C1. The Morgan fingerprint density at radius 3 is 3.06 bits per heavy atom. The van der Waals surface area contributed by atoms with Gasteiger partial charge in [0.25, 0.3) is 0 Å². The van der Waals surface area contributed by atoms with E-state index in [1.807, 2.05) is 12.5 Å². The first-order valence-electron chi connectivity index (χ1n) is 6.67. The van der Waals surface area contributed by atoms with Gasteiger partial charge in [0.15, 0.2) is 0 Å². The molecule has 0 aromatic carbocycles. The predicted molar refractivity (Wildman–Crippen MR) is 69.6 cm³/mol. The Hall–Kier alpha value is -0.870. The second kappa shape index (κ2) is 5.65. The first-order valence-corrected chi connectivity index (χ1v) is 6.67. The lowest BCUT2D eigenvalue weighted by atomic mass is 10.0. The van der Waals surface area contributed by atoms with Crippen LogP contribution in [-0.4, -0.2) is 33.6 Å². The van der Waals surface area contributed by atoms with E-state index in [1.54, 1.807) is 0 Å². The molecule has 0 bridgehead atoms. The number of imidazole rings is 1. The van der Waals surface area contributed by atoms with Gasteiger partial charge in [-0.25, -0.2) is 4.98 Å². The molecule has 2 N–H and O–H groups in total. The largest absolute Gasteiger partial charge is 0.333 e. The number of aromatic nitrogens is 2. The molecule has 0 spiro atoms. The van der Waals surface area contributed by atoms with E-state index in [4.69, 9.17) is 5.73 Å². The van der Waals surface area contributed by atoms with Crippen LogP contribution in [-0.2, 0) is 13.1 Å². The smallest absolute Gasteiger partial charge is 0.0948 e. The molecule has 1 aromatic heterocycles. The lowest BCUT2D eigenvalue weighted by Crippen LogP contribution is -2.29. The number of aryl methyl sites for hydroxylation is 1. The molecule has 4 nitrogen and oxygen atoms in total. The molecule has 2 unspecified atom stereocenters. The number of likely N-dealkylation sites (tertiary alicyclic amines) is 1. The molecule has 0 aliphatic carbocycles. The fraction of sp³-hybridized carbons (Fsp3) is 0.769. The van der Waals surface area contributed by atoms with Crippen molar-refractivity contribution >= 4 is 0 Å². The van der Waals surface area contributed by atoms with Crippen molar-refractivity contribution in [2.45, 2.75) is 45.8 Å². The summed E-state index contributed by atoms with van der Waals surface area (Å²) in [5.74, 6) is 0.664. The van der Waals surface area contributed by atoms with Gasteiger partial charge in [-0.15, -0.1) is 0 Å². The van der Waals surface area contributed by atoms with Crippen molar-refractivity contribution in [3.63, 3.8) is 0 Å². The van der Waals surface area contributed by atoms with Gasteiger partial charge in [0.2, 0.25) is 0 Å². The molecule has 96 valence electrons. The highest BCUT2D eigenvalue weighted by atomic mass is 15.2. The van der Waals surface area contributed by atoms with Crippen molar-refractivity contribution in [1.29, 1.82) is 0 Å². The first-order chi connectivity index (χ1) is 8.20. The molecule has 1 fully saturated rings. The van der Waals surface area contributed by atoms with Crippen LogP contribution in [0.2, 0.25) is 0 Å². The number of nitrogens with zero attached hydrogens (tertiary/aromatic N) is 3. The maximum Gasteiger partial charge on any atom is 0.0948 e. The van der Waals surface area contributed by atoms with Gasteiger partial charge in [0.05, 0.1) is 12.0 Å². The third-order valence-electron chi connectivity index (χ3n) is 3.70. The highest BCUT2D eigenvalue weighted by Crippen LogP contribution is 2.20. The van der Waals surface area contributed by atoms with Crippen LogP contribution in [0.5, 0.6) is 0 Å². The van der Waals surface area contributed by atoms with Crippen molar-refractivity contribution in [2.75, 3.05) is 13.1 Å². The molecule has 2 atom stereocenters. The van der Waals surface area contributed by atoms with Crippen LogP contribution in [0.1, 0.15) is 32.4 Å². The van der Waals surface area contributed by atoms with Crippen LogP contribution in [0.25, 0.3) is 0 Å². The van der Waals surface area contributed by atoms with Gasteiger partial charge < -0.3 is 10.3 Å².